The lowest BCUT2D eigenvalue weighted by Crippen LogP contribution is -2.50. The van der Waals surface area contributed by atoms with Crippen LogP contribution >= 0.6 is 0 Å². The van der Waals surface area contributed by atoms with Crippen LogP contribution in [0.3, 0.4) is 0 Å². The van der Waals surface area contributed by atoms with Gasteiger partial charge in [-0.1, -0.05) is 30.3 Å². The highest BCUT2D eigenvalue weighted by Crippen LogP contribution is 2.23. The molecule has 6 nitrogen and oxygen atoms in total. The van der Waals surface area contributed by atoms with Gasteiger partial charge in [0.2, 0.25) is 10.0 Å². The summed E-state index contributed by atoms with van der Waals surface area (Å²) in [7, 11) is -3.61. The highest BCUT2D eigenvalue weighted by Gasteiger charge is 2.30. The molecule has 7 heteroatoms. The maximum absolute atomic E-state index is 13.2. The lowest BCUT2D eigenvalue weighted by Gasteiger charge is -2.34. The van der Waals surface area contributed by atoms with E-state index in [1.165, 1.54) is 4.31 Å². The van der Waals surface area contributed by atoms with Gasteiger partial charge >= 0.3 is 0 Å². The van der Waals surface area contributed by atoms with Gasteiger partial charge in [0.25, 0.3) is 5.91 Å². The summed E-state index contributed by atoms with van der Waals surface area (Å²) in [5.41, 5.74) is 3.90. The summed E-state index contributed by atoms with van der Waals surface area (Å²) >= 11 is 0. The number of sulfonamides is 1. The zero-order chi connectivity index (χ0) is 23.9. The average Bonchev–Trinajstić information content (AvgIpc) is 3.21. The highest BCUT2D eigenvalue weighted by molar-refractivity contribution is 7.89. The standard InChI is InChI=1S/C27H27N3O3S/c1-20-7-8-21(2)30(20)25-12-9-23(10-13-25)27(31)28-15-17-29(18-16-28)34(32,33)26-14-11-22-5-3-4-6-24(22)19-26/h3-14,19H,15-18H2,1-2H3. The zero-order valence-electron chi connectivity index (χ0n) is 19.3. The SMILES string of the molecule is Cc1ccc(C)n1-c1ccc(C(=O)N2CCN(S(=O)(=O)c3ccc4ccccc4c3)CC2)cc1. The van der Waals surface area contributed by atoms with E-state index in [1.807, 2.05) is 54.6 Å². The van der Waals surface area contributed by atoms with Crippen LogP contribution in [0.5, 0.6) is 0 Å². The first-order valence-electron chi connectivity index (χ1n) is 11.4. The van der Waals surface area contributed by atoms with Crippen LogP contribution in [0, 0.1) is 13.8 Å². The first-order chi connectivity index (χ1) is 16.3. The predicted octanol–water partition coefficient (Wildman–Crippen LogP) is 4.39. The number of fused-ring (bicyclic) bond motifs is 1. The van der Waals surface area contributed by atoms with Gasteiger partial charge in [-0.25, -0.2) is 8.42 Å². The van der Waals surface area contributed by atoms with E-state index in [2.05, 4.69) is 30.5 Å². The molecule has 5 rings (SSSR count). The van der Waals surface area contributed by atoms with Gasteiger partial charge in [-0.15, -0.1) is 0 Å². The minimum Gasteiger partial charge on any atom is -0.336 e. The molecule has 174 valence electrons. The quantitative estimate of drug-likeness (QED) is 0.442. The van der Waals surface area contributed by atoms with Gasteiger partial charge in [0.05, 0.1) is 4.90 Å². The van der Waals surface area contributed by atoms with Gasteiger partial charge in [0, 0.05) is 48.8 Å². The molecule has 1 amide bonds. The Morgan fingerprint density at radius 2 is 1.35 bits per heavy atom. The van der Waals surface area contributed by atoms with E-state index in [0.29, 0.717) is 18.7 Å². The minimum absolute atomic E-state index is 0.0738. The lowest BCUT2D eigenvalue weighted by molar-refractivity contribution is 0.0698. The third-order valence-corrected chi connectivity index (χ3v) is 8.42. The van der Waals surface area contributed by atoms with Crippen molar-refractivity contribution in [3.05, 3.63) is 95.8 Å². The van der Waals surface area contributed by atoms with E-state index in [4.69, 9.17) is 0 Å². The third kappa shape index (κ3) is 4.02. The molecule has 0 atom stereocenters. The molecule has 1 aliphatic heterocycles. The van der Waals surface area contributed by atoms with Crippen LogP contribution in [0.1, 0.15) is 21.7 Å². The molecule has 1 fully saturated rings. The van der Waals surface area contributed by atoms with E-state index >= 15 is 0 Å². The summed E-state index contributed by atoms with van der Waals surface area (Å²) in [4.78, 5) is 15.1. The number of nitrogens with zero attached hydrogens (tertiary/aromatic N) is 3. The Bertz CT molecular complexity index is 1450. The van der Waals surface area contributed by atoms with Gasteiger partial charge < -0.3 is 9.47 Å². The number of benzene rings is 3. The number of carbonyl (C=O) groups is 1. The fourth-order valence-electron chi connectivity index (χ4n) is 4.62. The first kappa shape index (κ1) is 22.4. The van der Waals surface area contributed by atoms with Crippen molar-refractivity contribution in [3.8, 4) is 5.69 Å². The normalized spacial score (nSPS) is 15.1. The van der Waals surface area contributed by atoms with Crippen LogP contribution in [0.25, 0.3) is 16.5 Å². The van der Waals surface area contributed by atoms with Crippen molar-refractivity contribution in [3.63, 3.8) is 0 Å². The maximum Gasteiger partial charge on any atom is 0.253 e. The fourth-order valence-corrected chi connectivity index (χ4v) is 6.08. The molecular weight excluding hydrogens is 446 g/mol. The molecule has 34 heavy (non-hydrogen) atoms. The molecular formula is C27H27N3O3S. The molecule has 1 saturated heterocycles. The molecule has 4 aromatic rings. The molecule has 0 saturated carbocycles. The smallest absolute Gasteiger partial charge is 0.253 e. The second-order valence-electron chi connectivity index (χ2n) is 8.70. The first-order valence-corrected chi connectivity index (χ1v) is 12.8. The fraction of sp³-hybridized carbons (Fsp3) is 0.222. The van der Waals surface area contributed by atoms with E-state index in [9.17, 15) is 13.2 Å². The van der Waals surface area contributed by atoms with E-state index in [1.54, 1.807) is 17.0 Å². The van der Waals surface area contributed by atoms with Crippen molar-refractivity contribution in [1.29, 1.82) is 0 Å². The Kier molecular flexibility index (Phi) is 5.75. The topological polar surface area (TPSA) is 62.6 Å². The molecule has 0 radical (unpaired) electrons. The van der Waals surface area contributed by atoms with E-state index in [0.717, 1.165) is 27.8 Å². The summed E-state index contributed by atoms with van der Waals surface area (Å²) in [5, 5.41) is 1.90. The van der Waals surface area contributed by atoms with Gasteiger partial charge in [-0.3, -0.25) is 4.79 Å². The van der Waals surface area contributed by atoms with Gasteiger partial charge in [0.1, 0.15) is 0 Å². The molecule has 0 N–H and O–H groups in total. The number of piperazine rings is 1. The Balaban J connectivity index is 1.27. The number of amides is 1. The Morgan fingerprint density at radius 3 is 2.00 bits per heavy atom. The van der Waals surface area contributed by atoms with Crippen molar-refractivity contribution >= 4 is 26.7 Å². The van der Waals surface area contributed by atoms with Gasteiger partial charge in [0.15, 0.2) is 0 Å². The minimum atomic E-state index is -3.61. The van der Waals surface area contributed by atoms with Crippen LogP contribution in [0.4, 0.5) is 0 Å². The second-order valence-corrected chi connectivity index (χ2v) is 10.6. The summed E-state index contributed by atoms with van der Waals surface area (Å²) < 4.78 is 30.0. The zero-order valence-corrected chi connectivity index (χ0v) is 20.1. The second kappa shape index (κ2) is 8.74. The van der Waals surface area contributed by atoms with Crippen molar-refractivity contribution in [2.75, 3.05) is 26.2 Å². The Hall–Kier alpha value is -3.42. The third-order valence-electron chi connectivity index (χ3n) is 6.53. The molecule has 1 aliphatic rings. The number of hydrogen-bond acceptors (Lipinski definition) is 3. The highest BCUT2D eigenvalue weighted by atomic mass is 32.2. The van der Waals surface area contributed by atoms with Crippen molar-refractivity contribution in [2.45, 2.75) is 18.7 Å². The van der Waals surface area contributed by atoms with E-state index in [-0.39, 0.29) is 23.9 Å². The predicted molar refractivity (Wildman–Crippen MR) is 134 cm³/mol. The number of aromatic nitrogens is 1. The summed E-state index contributed by atoms with van der Waals surface area (Å²) in [6, 6.07) is 24.6. The van der Waals surface area contributed by atoms with Crippen LogP contribution in [-0.2, 0) is 10.0 Å². The number of aryl methyl sites for hydroxylation is 2. The van der Waals surface area contributed by atoms with Gasteiger partial charge in [-0.05, 0) is 73.2 Å². The number of rotatable bonds is 4. The Labute approximate surface area is 200 Å². The number of carbonyl (C=O) groups excluding carboxylic acids is 1. The molecule has 2 heterocycles. The van der Waals surface area contributed by atoms with Crippen molar-refractivity contribution < 1.29 is 13.2 Å². The molecule has 0 unspecified atom stereocenters. The molecule has 0 spiro atoms. The summed E-state index contributed by atoms with van der Waals surface area (Å²) in [6.07, 6.45) is 0. The largest absolute Gasteiger partial charge is 0.336 e. The monoisotopic (exact) mass is 473 g/mol. The number of hydrogen-bond donors (Lipinski definition) is 0. The summed E-state index contributed by atoms with van der Waals surface area (Å²) in [6.45, 7) is 5.39. The van der Waals surface area contributed by atoms with Crippen LogP contribution in [-0.4, -0.2) is 54.3 Å². The average molecular weight is 474 g/mol. The molecule has 3 aromatic carbocycles. The van der Waals surface area contributed by atoms with Crippen molar-refractivity contribution in [1.82, 2.24) is 13.8 Å². The summed E-state index contributed by atoms with van der Waals surface area (Å²) in [5.74, 6) is -0.0738. The Morgan fingerprint density at radius 1 is 0.735 bits per heavy atom. The van der Waals surface area contributed by atoms with Crippen LogP contribution in [0.15, 0.2) is 83.8 Å². The molecule has 0 bridgehead atoms. The molecule has 1 aromatic heterocycles. The lowest BCUT2D eigenvalue weighted by atomic mass is 10.1. The van der Waals surface area contributed by atoms with Crippen LogP contribution < -0.4 is 0 Å². The van der Waals surface area contributed by atoms with Gasteiger partial charge in [-0.2, -0.15) is 4.31 Å². The van der Waals surface area contributed by atoms with Crippen LogP contribution in [0.2, 0.25) is 0 Å². The maximum atomic E-state index is 13.2. The van der Waals surface area contributed by atoms with E-state index < -0.39 is 10.0 Å². The van der Waals surface area contributed by atoms with Crippen molar-refractivity contribution in [2.24, 2.45) is 0 Å². The molecule has 0 aliphatic carbocycles.